The molecule has 0 aromatic heterocycles. The van der Waals surface area contributed by atoms with Crippen molar-refractivity contribution in [3.63, 3.8) is 0 Å². The Balaban J connectivity index is 2.58. The zero-order chi connectivity index (χ0) is 12.7. The maximum atomic E-state index is 12.1. The Labute approximate surface area is 105 Å². The Morgan fingerprint density at radius 1 is 1.29 bits per heavy atom. The highest BCUT2D eigenvalue weighted by atomic mass is 16.1. The van der Waals surface area contributed by atoms with Crippen molar-refractivity contribution in [2.45, 2.75) is 52.9 Å². The Morgan fingerprint density at radius 2 is 2.06 bits per heavy atom. The van der Waals surface area contributed by atoms with Gasteiger partial charge in [-0.1, -0.05) is 63.3 Å². The molecule has 0 fully saturated rings. The van der Waals surface area contributed by atoms with Crippen LogP contribution < -0.4 is 0 Å². The minimum atomic E-state index is 0.302. The molecule has 1 rings (SSSR count). The summed E-state index contributed by atoms with van der Waals surface area (Å²) in [5.74, 6) is 0.861. The van der Waals surface area contributed by atoms with Gasteiger partial charge in [-0.3, -0.25) is 4.79 Å². The summed E-state index contributed by atoms with van der Waals surface area (Å²) in [7, 11) is 0. The molecule has 0 aliphatic heterocycles. The molecule has 0 heterocycles. The highest BCUT2D eigenvalue weighted by molar-refractivity contribution is 5.96. The van der Waals surface area contributed by atoms with Crippen molar-refractivity contribution in [2.75, 3.05) is 0 Å². The molecule has 0 spiro atoms. The first-order valence-electron chi connectivity index (χ1n) is 6.77. The van der Waals surface area contributed by atoms with E-state index in [0.29, 0.717) is 18.1 Å². The van der Waals surface area contributed by atoms with Gasteiger partial charge < -0.3 is 0 Å². The van der Waals surface area contributed by atoms with Crippen LogP contribution in [0.5, 0.6) is 0 Å². The molecule has 0 bridgehead atoms. The normalized spacial score (nSPS) is 12.4. The molecule has 0 saturated heterocycles. The third-order valence-electron chi connectivity index (χ3n) is 3.36. The van der Waals surface area contributed by atoms with Crippen molar-refractivity contribution < 1.29 is 4.79 Å². The van der Waals surface area contributed by atoms with Crippen LogP contribution in [0.15, 0.2) is 24.3 Å². The molecule has 1 nitrogen and oxygen atoms in total. The summed E-state index contributed by atoms with van der Waals surface area (Å²) in [6, 6.07) is 7.93. The predicted molar refractivity (Wildman–Crippen MR) is 73.4 cm³/mol. The summed E-state index contributed by atoms with van der Waals surface area (Å²) < 4.78 is 0. The monoisotopic (exact) mass is 232 g/mol. The first kappa shape index (κ1) is 14.0. The largest absolute Gasteiger partial charge is 0.294 e. The number of hydrogen-bond donors (Lipinski definition) is 0. The fraction of sp³-hybridized carbons (Fsp3) is 0.562. The van der Waals surface area contributed by atoms with E-state index in [1.165, 1.54) is 19.3 Å². The van der Waals surface area contributed by atoms with Gasteiger partial charge >= 0.3 is 0 Å². The smallest absolute Gasteiger partial charge is 0.163 e. The molecule has 94 valence electrons. The van der Waals surface area contributed by atoms with Crippen molar-refractivity contribution in [1.82, 2.24) is 0 Å². The fourth-order valence-corrected chi connectivity index (χ4v) is 2.14. The minimum Gasteiger partial charge on any atom is -0.294 e. The van der Waals surface area contributed by atoms with Crippen LogP contribution in [0.1, 0.15) is 61.9 Å². The second-order valence-electron chi connectivity index (χ2n) is 4.91. The van der Waals surface area contributed by atoms with E-state index in [1.54, 1.807) is 0 Å². The van der Waals surface area contributed by atoms with Gasteiger partial charge in [0.2, 0.25) is 0 Å². The second-order valence-corrected chi connectivity index (χ2v) is 4.91. The molecular weight excluding hydrogens is 208 g/mol. The molecule has 1 atom stereocenters. The maximum Gasteiger partial charge on any atom is 0.163 e. The van der Waals surface area contributed by atoms with E-state index < -0.39 is 0 Å². The average Bonchev–Trinajstić information content (AvgIpc) is 2.34. The first-order chi connectivity index (χ1) is 8.17. The third kappa shape index (κ3) is 4.72. The average molecular weight is 232 g/mol. The predicted octanol–water partition coefficient (Wildman–Crippen LogP) is 4.78. The molecule has 1 aromatic carbocycles. The van der Waals surface area contributed by atoms with Crippen LogP contribution >= 0.6 is 0 Å². The molecule has 1 heteroatoms. The Bertz CT molecular complexity index is 354. The summed E-state index contributed by atoms with van der Waals surface area (Å²) in [5.41, 5.74) is 2.04. The topological polar surface area (TPSA) is 17.1 Å². The summed E-state index contributed by atoms with van der Waals surface area (Å²) in [6.45, 7) is 6.42. The molecule has 1 unspecified atom stereocenters. The molecule has 0 saturated carbocycles. The lowest BCUT2D eigenvalue weighted by Crippen LogP contribution is -2.08. The van der Waals surface area contributed by atoms with Gasteiger partial charge in [0.05, 0.1) is 0 Å². The lowest BCUT2D eigenvalue weighted by atomic mass is 9.91. The zero-order valence-corrected chi connectivity index (χ0v) is 11.3. The van der Waals surface area contributed by atoms with Crippen molar-refractivity contribution in [2.24, 2.45) is 5.92 Å². The van der Waals surface area contributed by atoms with Gasteiger partial charge in [-0.15, -0.1) is 0 Å². The second kappa shape index (κ2) is 7.26. The van der Waals surface area contributed by atoms with E-state index in [2.05, 4.69) is 13.8 Å². The molecule has 0 N–H and O–H groups in total. The number of hydrogen-bond acceptors (Lipinski definition) is 1. The standard InChI is InChI=1S/C16H24O/c1-4-6-9-14(5-2)12-16(17)15-10-7-8-13(3)11-15/h7-8,10-11,14H,4-6,9,12H2,1-3H3. The van der Waals surface area contributed by atoms with Crippen molar-refractivity contribution in [3.05, 3.63) is 35.4 Å². The highest BCUT2D eigenvalue weighted by Crippen LogP contribution is 2.19. The van der Waals surface area contributed by atoms with Crippen molar-refractivity contribution in [3.8, 4) is 0 Å². The van der Waals surface area contributed by atoms with Crippen molar-refractivity contribution >= 4 is 5.78 Å². The van der Waals surface area contributed by atoms with E-state index >= 15 is 0 Å². The van der Waals surface area contributed by atoms with Gasteiger partial charge in [0.15, 0.2) is 5.78 Å². The van der Waals surface area contributed by atoms with Crippen LogP contribution in [0.4, 0.5) is 0 Å². The van der Waals surface area contributed by atoms with E-state index in [-0.39, 0.29) is 0 Å². The van der Waals surface area contributed by atoms with E-state index in [9.17, 15) is 4.79 Å². The van der Waals surface area contributed by atoms with Crippen molar-refractivity contribution in [1.29, 1.82) is 0 Å². The molecule has 1 aromatic rings. The van der Waals surface area contributed by atoms with Crippen LogP contribution in [-0.4, -0.2) is 5.78 Å². The van der Waals surface area contributed by atoms with Crippen LogP contribution in [0.3, 0.4) is 0 Å². The summed E-state index contributed by atoms with van der Waals surface area (Å²) in [5, 5.41) is 0. The van der Waals surface area contributed by atoms with Gasteiger partial charge in [-0.2, -0.15) is 0 Å². The number of benzene rings is 1. The molecule has 0 aliphatic rings. The zero-order valence-electron chi connectivity index (χ0n) is 11.3. The molecular formula is C16H24O. The van der Waals surface area contributed by atoms with Gasteiger partial charge in [0.1, 0.15) is 0 Å². The van der Waals surface area contributed by atoms with Crippen LogP contribution in [-0.2, 0) is 0 Å². The summed E-state index contributed by atoms with van der Waals surface area (Å²) in [4.78, 5) is 12.1. The molecule has 0 amide bonds. The van der Waals surface area contributed by atoms with Crippen LogP contribution in [0, 0.1) is 12.8 Å². The number of carbonyl (C=O) groups is 1. The molecule has 0 aliphatic carbocycles. The quantitative estimate of drug-likeness (QED) is 0.618. The van der Waals surface area contributed by atoms with E-state index in [4.69, 9.17) is 0 Å². The Morgan fingerprint density at radius 3 is 2.65 bits per heavy atom. The van der Waals surface area contributed by atoms with E-state index in [1.807, 2.05) is 31.2 Å². The molecule has 17 heavy (non-hydrogen) atoms. The highest BCUT2D eigenvalue weighted by Gasteiger charge is 2.13. The fourth-order valence-electron chi connectivity index (χ4n) is 2.14. The Kier molecular flexibility index (Phi) is 5.96. The number of aryl methyl sites for hydroxylation is 1. The van der Waals surface area contributed by atoms with E-state index in [0.717, 1.165) is 17.5 Å². The number of ketones is 1. The number of unbranched alkanes of at least 4 members (excludes halogenated alkanes) is 1. The number of rotatable bonds is 7. The maximum absolute atomic E-state index is 12.1. The lowest BCUT2D eigenvalue weighted by Gasteiger charge is -2.13. The lowest BCUT2D eigenvalue weighted by molar-refractivity contribution is 0.0957. The summed E-state index contributed by atoms with van der Waals surface area (Å²) in [6.07, 6.45) is 5.46. The summed E-state index contributed by atoms with van der Waals surface area (Å²) >= 11 is 0. The number of carbonyl (C=O) groups excluding carboxylic acids is 1. The Hall–Kier alpha value is -1.11. The van der Waals surface area contributed by atoms with Gasteiger partial charge in [-0.05, 0) is 18.9 Å². The third-order valence-corrected chi connectivity index (χ3v) is 3.36. The van der Waals surface area contributed by atoms with Gasteiger partial charge in [0, 0.05) is 12.0 Å². The van der Waals surface area contributed by atoms with Gasteiger partial charge in [-0.25, -0.2) is 0 Å². The van der Waals surface area contributed by atoms with Gasteiger partial charge in [0.25, 0.3) is 0 Å². The molecule has 0 radical (unpaired) electrons. The SMILES string of the molecule is CCCCC(CC)CC(=O)c1cccc(C)c1. The minimum absolute atomic E-state index is 0.302. The number of Topliss-reactive ketones (excluding diaryl/α,β-unsaturated/α-hetero) is 1. The van der Waals surface area contributed by atoms with Crippen LogP contribution in [0.2, 0.25) is 0 Å². The van der Waals surface area contributed by atoms with Crippen LogP contribution in [0.25, 0.3) is 0 Å². The first-order valence-corrected chi connectivity index (χ1v) is 6.77.